The number of nitrogens with zero attached hydrogens (tertiary/aromatic N) is 2. The van der Waals surface area contributed by atoms with Crippen molar-refractivity contribution in [1.82, 2.24) is 5.16 Å². The Kier molecular flexibility index (Phi) is 7.11. The Bertz CT molecular complexity index is 1110. The van der Waals surface area contributed by atoms with Crippen molar-refractivity contribution < 1.29 is 32.5 Å². The smallest absolute Gasteiger partial charge is 0.387 e. The third kappa shape index (κ3) is 6.11. The summed E-state index contributed by atoms with van der Waals surface area (Å²) in [7, 11) is 0. The van der Waals surface area contributed by atoms with Crippen LogP contribution < -0.4 is 14.8 Å². The molecule has 0 fully saturated rings. The first-order chi connectivity index (χ1) is 15.3. The molecule has 3 rings (SSSR count). The van der Waals surface area contributed by atoms with Crippen LogP contribution in [0.5, 0.6) is 11.5 Å². The van der Waals surface area contributed by atoms with Gasteiger partial charge >= 0.3 is 12.3 Å². The number of alkyl halides is 2. The predicted molar refractivity (Wildman–Crippen MR) is 110 cm³/mol. The van der Waals surface area contributed by atoms with E-state index >= 15 is 0 Å². The molecule has 1 amide bonds. The maximum atomic E-state index is 12.1. The zero-order valence-corrected chi connectivity index (χ0v) is 16.7. The molecule has 0 aliphatic heterocycles. The number of halogens is 2. The molecule has 0 radical (unpaired) electrons. The molecule has 1 aromatic heterocycles. The van der Waals surface area contributed by atoms with Gasteiger partial charge in [-0.3, -0.25) is 14.9 Å². The van der Waals surface area contributed by atoms with Gasteiger partial charge in [-0.2, -0.15) is 8.78 Å². The minimum Gasteiger partial charge on any atom is -0.484 e. The molecular formula is C21H17F2N3O6. The Morgan fingerprint density at radius 1 is 1.16 bits per heavy atom. The molecule has 166 valence electrons. The highest BCUT2D eigenvalue weighted by Crippen LogP contribution is 2.25. The van der Waals surface area contributed by atoms with E-state index in [-0.39, 0.29) is 29.5 Å². The maximum absolute atomic E-state index is 12.1. The second kappa shape index (κ2) is 10.2. The summed E-state index contributed by atoms with van der Waals surface area (Å²) in [5.41, 5.74) is 1.12. The van der Waals surface area contributed by atoms with Crippen LogP contribution in [-0.2, 0) is 4.79 Å². The molecule has 2 aromatic carbocycles. The zero-order valence-electron chi connectivity index (χ0n) is 16.7. The van der Waals surface area contributed by atoms with Gasteiger partial charge in [0.2, 0.25) is 5.76 Å². The lowest BCUT2D eigenvalue weighted by Gasteiger charge is -2.09. The quantitative estimate of drug-likeness (QED) is 0.375. The van der Waals surface area contributed by atoms with E-state index in [1.54, 1.807) is 30.3 Å². The molecule has 0 aliphatic carbocycles. The molecule has 0 aliphatic rings. The number of carbonyl (C=O) groups excluding carboxylic acids is 1. The van der Waals surface area contributed by atoms with Gasteiger partial charge in [0.15, 0.2) is 12.3 Å². The number of hydrogen-bond acceptors (Lipinski definition) is 7. The highest BCUT2D eigenvalue weighted by molar-refractivity contribution is 5.91. The molecule has 0 bridgehead atoms. The summed E-state index contributed by atoms with van der Waals surface area (Å²) in [6.07, 6.45) is 3.06. The number of ether oxygens (including phenoxy) is 2. The van der Waals surface area contributed by atoms with E-state index in [2.05, 4.69) is 15.2 Å². The monoisotopic (exact) mass is 445 g/mol. The van der Waals surface area contributed by atoms with Crippen LogP contribution in [0.15, 0.2) is 53.1 Å². The second-order valence-electron chi connectivity index (χ2n) is 6.38. The fourth-order valence-corrected chi connectivity index (χ4v) is 2.63. The first-order valence-corrected chi connectivity index (χ1v) is 9.18. The Morgan fingerprint density at radius 2 is 1.81 bits per heavy atom. The molecule has 32 heavy (non-hydrogen) atoms. The van der Waals surface area contributed by atoms with Crippen LogP contribution in [-0.4, -0.2) is 29.2 Å². The highest BCUT2D eigenvalue weighted by atomic mass is 19.3. The first kappa shape index (κ1) is 22.4. The van der Waals surface area contributed by atoms with E-state index in [1.807, 2.05) is 0 Å². The summed E-state index contributed by atoms with van der Waals surface area (Å²) in [6, 6.07) is 12.1. The summed E-state index contributed by atoms with van der Waals surface area (Å²) in [6.45, 7) is -1.71. The topological polar surface area (TPSA) is 117 Å². The van der Waals surface area contributed by atoms with Crippen molar-refractivity contribution in [2.24, 2.45) is 0 Å². The van der Waals surface area contributed by atoms with Crippen molar-refractivity contribution >= 4 is 29.4 Å². The summed E-state index contributed by atoms with van der Waals surface area (Å²) in [5.74, 6) is 0.0127. The summed E-state index contributed by atoms with van der Waals surface area (Å²) in [4.78, 5) is 22.5. The van der Waals surface area contributed by atoms with E-state index in [0.29, 0.717) is 11.4 Å². The molecule has 0 spiro atoms. The number of aromatic nitrogens is 1. The number of amides is 1. The average Bonchev–Trinajstić information content (AvgIpc) is 3.13. The van der Waals surface area contributed by atoms with Gasteiger partial charge in [-0.25, -0.2) is 0 Å². The normalized spacial score (nSPS) is 11.0. The molecule has 0 atom stereocenters. The standard InChI is InChI=1S/C21H17F2N3O6/c1-13-20(26(28)29)18(32-25-13)11-4-14-2-7-16(8-3-14)30-12-19(27)24-15-5-9-17(10-6-15)31-21(22)23/h2-11,21H,12H2,1H3,(H,24,27)/b11-4+. The lowest BCUT2D eigenvalue weighted by molar-refractivity contribution is -0.386. The second-order valence-corrected chi connectivity index (χ2v) is 6.38. The highest BCUT2D eigenvalue weighted by Gasteiger charge is 2.21. The minimum absolute atomic E-state index is 0.0172. The summed E-state index contributed by atoms with van der Waals surface area (Å²) < 4.78 is 38.9. The summed E-state index contributed by atoms with van der Waals surface area (Å²) in [5, 5.41) is 17.2. The maximum Gasteiger partial charge on any atom is 0.387 e. The van der Waals surface area contributed by atoms with Crippen LogP contribution in [0.4, 0.5) is 20.2 Å². The molecule has 9 nitrogen and oxygen atoms in total. The van der Waals surface area contributed by atoms with Crippen molar-refractivity contribution in [3.8, 4) is 11.5 Å². The minimum atomic E-state index is -2.92. The molecular weight excluding hydrogens is 428 g/mol. The number of carbonyl (C=O) groups is 1. The van der Waals surface area contributed by atoms with Gasteiger partial charge in [0.1, 0.15) is 11.5 Å². The third-order valence-corrected chi connectivity index (χ3v) is 4.08. The Labute approximate surface area is 180 Å². The van der Waals surface area contributed by atoms with E-state index in [4.69, 9.17) is 9.26 Å². The largest absolute Gasteiger partial charge is 0.484 e. The van der Waals surface area contributed by atoms with Crippen LogP contribution >= 0.6 is 0 Å². The van der Waals surface area contributed by atoms with Gasteiger partial charge in [0, 0.05) is 5.69 Å². The van der Waals surface area contributed by atoms with Crippen LogP contribution in [0.2, 0.25) is 0 Å². The van der Waals surface area contributed by atoms with Crippen LogP contribution in [0, 0.1) is 17.0 Å². The first-order valence-electron chi connectivity index (χ1n) is 9.18. The fourth-order valence-electron chi connectivity index (χ4n) is 2.63. The lowest BCUT2D eigenvalue weighted by atomic mass is 10.2. The SMILES string of the molecule is Cc1noc(/C=C/c2ccc(OCC(=O)Nc3ccc(OC(F)F)cc3)cc2)c1[N+](=O)[O-]. The predicted octanol–water partition coefficient (Wildman–Crippen LogP) is 4.68. The number of hydrogen-bond donors (Lipinski definition) is 1. The molecule has 1 heterocycles. The van der Waals surface area contributed by atoms with Gasteiger partial charge in [0.25, 0.3) is 5.91 Å². The summed E-state index contributed by atoms with van der Waals surface area (Å²) >= 11 is 0. The average molecular weight is 445 g/mol. The van der Waals surface area contributed by atoms with Crippen molar-refractivity contribution in [2.75, 3.05) is 11.9 Å². The van der Waals surface area contributed by atoms with Gasteiger partial charge in [-0.1, -0.05) is 23.4 Å². The van der Waals surface area contributed by atoms with E-state index in [9.17, 15) is 23.7 Å². The number of anilines is 1. The lowest BCUT2D eigenvalue weighted by Crippen LogP contribution is -2.20. The van der Waals surface area contributed by atoms with E-state index < -0.39 is 17.4 Å². The molecule has 0 saturated heterocycles. The number of nitro groups is 1. The van der Waals surface area contributed by atoms with Crippen molar-refractivity contribution in [1.29, 1.82) is 0 Å². The number of rotatable bonds is 9. The van der Waals surface area contributed by atoms with Crippen LogP contribution in [0.1, 0.15) is 17.0 Å². The van der Waals surface area contributed by atoms with Gasteiger partial charge < -0.3 is 19.3 Å². The molecule has 0 saturated carbocycles. The number of benzene rings is 2. The number of aryl methyl sites for hydroxylation is 1. The van der Waals surface area contributed by atoms with Crippen LogP contribution in [0.3, 0.4) is 0 Å². The van der Waals surface area contributed by atoms with Gasteiger partial charge in [-0.15, -0.1) is 0 Å². The van der Waals surface area contributed by atoms with Crippen LogP contribution in [0.25, 0.3) is 12.2 Å². The fraction of sp³-hybridized carbons (Fsp3) is 0.143. The van der Waals surface area contributed by atoms with Crippen molar-refractivity contribution in [3.05, 3.63) is 75.7 Å². The molecule has 0 unspecified atom stereocenters. The zero-order chi connectivity index (χ0) is 23.1. The van der Waals surface area contributed by atoms with Gasteiger partial charge in [-0.05, 0) is 55.0 Å². The van der Waals surface area contributed by atoms with Gasteiger partial charge in [0.05, 0.1) is 4.92 Å². The molecule has 11 heteroatoms. The number of nitrogens with one attached hydrogen (secondary N) is 1. The Morgan fingerprint density at radius 3 is 2.44 bits per heavy atom. The molecule has 1 N–H and O–H groups in total. The Balaban J connectivity index is 1.51. The van der Waals surface area contributed by atoms with Crippen molar-refractivity contribution in [2.45, 2.75) is 13.5 Å². The molecule has 3 aromatic rings. The Hall–Kier alpha value is -4.28. The van der Waals surface area contributed by atoms with E-state index in [1.165, 1.54) is 37.3 Å². The van der Waals surface area contributed by atoms with Crippen molar-refractivity contribution in [3.63, 3.8) is 0 Å². The van der Waals surface area contributed by atoms with E-state index in [0.717, 1.165) is 5.56 Å². The third-order valence-electron chi connectivity index (χ3n) is 4.08.